The van der Waals surface area contributed by atoms with E-state index < -0.39 is 0 Å². The van der Waals surface area contributed by atoms with E-state index in [0.29, 0.717) is 5.82 Å². The zero-order chi connectivity index (χ0) is 17.4. The average molecular weight is 338 g/mol. The number of hydrogen-bond donors (Lipinski definition) is 3. The van der Waals surface area contributed by atoms with E-state index in [1.165, 1.54) is 12.1 Å². The number of aromatic nitrogens is 2. The molecule has 1 aromatic heterocycles. The van der Waals surface area contributed by atoms with Crippen LogP contribution in [0.3, 0.4) is 0 Å². The number of hydrogen-bond acceptors (Lipinski definition) is 3. The molecule has 4 N–H and O–H groups in total. The first kappa shape index (κ1) is 15.8. The van der Waals surface area contributed by atoms with Crippen molar-refractivity contribution in [2.45, 2.75) is 25.3 Å². The first-order chi connectivity index (χ1) is 12.1. The Morgan fingerprint density at radius 1 is 1.20 bits per heavy atom. The fourth-order valence-corrected chi connectivity index (χ4v) is 3.33. The van der Waals surface area contributed by atoms with Crippen molar-refractivity contribution in [1.29, 1.82) is 0 Å². The van der Waals surface area contributed by atoms with Gasteiger partial charge in [0.2, 0.25) is 5.91 Å². The summed E-state index contributed by atoms with van der Waals surface area (Å²) in [5.41, 5.74) is 9.03. The van der Waals surface area contributed by atoms with Gasteiger partial charge in [-0.3, -0.25) is 4.79 Å². The molecular weight excluding hydrogens is 319 g/mol. The van der Waals surface area contributed by atoms with Crippen molar-refractivity contribution in [3.05, 3.63) is 48.3 Å². The molecule has 0 bridgehead atoms. The second kappa shape index (κ2) is 6.29. The standard InChI is InChI=1S/C19H19FN4O/c20-13-4-1-11(2-5-13)18-23-16-8-7-15(10-17(16)24-18)22-19(25)12-3-6-14(21)9-12/h1-2,4-5,7-8,10,12,14H,3,6,9,21H2,(H,22,25)(H,23,24). The van der Waals surface area contributed by atoms with E-state index in [0.717, 1.165) is 41.5 Å². The number of H-pyrrole nitrogens is 1. The van der Waals surface area contributed by atoms with Gasteiger partial charge in [0.1, 0.15) is 11.6 Å². The predicted octanol–water partition coefficient (Wildman–Crippen LogP) is 3.43. The van der Waals surface area contributed by atoms with Crippen molar-refractivity contribution in [3.63, 3.8) is 0 Å². The van der Waals surface area contributed by atoms with Crippen LogP contribution in [0.2, 0.25) is 0 Å². The summed E-state index contributed by atoms with van der Waals surface area (Å²) in [4.78, 5) is 20.1. The Hall–Kier alpha value is -2.73. The van der Waals surface area contributed by atoms with Gasteiger partial charge in [0, 0.05) is 23.2 Å². The SMILES string of the molecule is NC1CCC(C(=O)Nc2ccc3nc(-c4ccc(F)cc4)[nH]c3c2)C1. The molecule has 1 heterocycles. The zero-order valence-electron chi connectivity index (χ0n) is 13.6. The van der Waals surface area contributed by atoms with Crippen LogP contribution in [0.1, 0.15) is 19.3 Å². The number of anilines is 1. The highest BCUT2D eigenvalue weighted by molar-refractivity contribution is 5.95. The minimum Gasteiger partial charge on any atom is -0.338 e. The van der Waals surface area contributed by atoms with Crippen molar-refractivity contribution >= 4 is 22.6 Å². The number of imidazole rings is 1. The first-order valence-corrected chi connectivity index (χ1v) is 8.40. The minimum absolute atomic E-state index is 0.0118. The highest BCUT2D eigenvalue weighted by Gasteiger charge is 2.27. The smallest absolute Gasteiger partial charge is 0.227 e. The lowest BCUT2D eigenvalue weighted by molar-refractivity contribution is -0.119. The van der Waals surface area contributed by atoms with Crippen molar-refractivity contribution < 1.29 is 9.18 Å². The molecule has 0 aliphatic heterocycles. The van der Waals surface area contributed by atoms with E-state index in [1.807, 2.05) is 18.2 Å². The van der Waals surface area contributed by atoms with Gasteiger partial charge in [-0.1, -0.05) is 0 Å². The number of fused-ring (bicyclic) bond motifs is 1. The first-order valence-electron chi connectivity index (χ1n) is 8.40. The van der Waals surface area contributed by atoms with E-state index in [1.54, 1.807) is 12.1 Å². The molecule has 25 heavy (non-hydrogen) atoms. The fraction of sp³-hybridized carbons (Fsp3) is 0.263. The van der Waals surface area contributed by atoms with Crippen LogP contribution in [0.5, 0.6) is 0 Å². The quantitative estimate of drug-likeness (QED) is 0.684. The number of nitrogens with one attached hydrogen (secondary N) is 2. The van der Waals surface area contributed by atoms with Crippen LogP contribution in [-0.4, -0.2) is 21.9 Å². The van der Waals surface area contributed by atoms with E-state index in [9.17, 15) is 9.18 Å². The monoisotopic (exact) mass is 338 g/mol. The van der Waals surface area contributed by atoms with E-state index in [2.05, 4.69) is 15.3 Å². The number of nitrogens with two attached hydrogens (primary N) is 1. The molecule has 4 rings (SSSR count). The highest BCUT2D eigenvalue weighted by atomic mass is 19.1. The van der Waals surface area contributed by atoms with Gasteiger partial charge >= 0.3 is 0 Å². The van der Waals surface area contributed by atoms with Crippen LogP contribution in [0.15, 0.2) is 42.5 Å². The molecule has 3 aromatic rings. The van der Waals surface area contributed by atoms with Crippen LogP contribution >= 0.6 is 0 Å². The highest BCUT2D eigenvalue weighted by Crippen LogP contribution is 2.27. The summed E-state index contributed by atoms with van der Waals surface area (Å²) in [6.45, 7) is 0. The van der Waals surface area contributed by atoms with Crippen molar-refractivity contribution in [2.24, 2.45) is 11.7 Å². The van der Waals surface area contributed by atoms with E-state index in [-0.39, 0.29) is 23.7 Å². The second-order valence-corrected chi connectivity index (χ2v) is 6.58. The molecular formula is C19H19FN4O. The van der Waals surface area contributed by atoms with E-state index in [4.69, 9.17) is 5.73 Å². The molecule has 1 saturated carbocycles. The van der Waals surface area contributed by atoms with Gasteiger partial charge in [-0.25, -0.2) is 9.37 Å². The minimum atomic E-state index is -0.281. The van der Waals surface area contributed by atoms with Crippen LogP contribution in [-0.2, 0) is 4.79 Å². The summed E-state index contributed by atoms with van der Waals surface area (Å²) < 4.78 is 13.1. The van der Waals surface area contributed by atoms with Crippen LogP contribution in [0.25, 0.3) is 22.4 Å². The average Bonchev–Trinajstić information content (AvgIpc) is 3.21. The number of benzene rings is 2. The lowest BCUT2D eigenvalue weighted by Gasteiger charge is -2.10. The molecule has 2 atom stereocenters. The Kier molecular flexibility index (Phi) is 3.97. The van der Waals surface area contributed by atoms with Gasteiger partial charge in [0.15, 0.2) is 0 Å². The number of carbonyl (C=O) groups is 1. The lowest BCUT2D eigenvalue weighted by atomic mass is 10.1. The number of amides is 1. The summed E-state index contributed by atoms with van der Waals surface area (Å²) in [7, 11) is 0. The Morgan fingerprint density at radius 2 is 2.00 bits per heavy atom. The zero-order valence-corrected chi connectivity index (χ0v) is 13.6. The third kappa shape index (κ3) is 3.25. The van der Waals surface area contributed by atoms with Crippen molar-refractivity contribution in [2.75, 3.05) is 5.32 Å². The maximum Gasteiger partial charge on any atom is 0.227 e. The topological polar surface area (TPSA) is 83.8 Å². The Balaban J connectivity index is 1.56. The summed E-state index contributed by atoms with van der Waals surface area (Å²) in [6.07, 6.45) is 2.49. The maximum absolute atomic E-state index is 13.1. The van der Waals surface area contributed by atoms with Gasteiger partial charge in [-0.2, -0.15) is 0 Å². The van der Waals surface area contributed by atoms with Crippen molar-refractivity contribution in [1.82, 2.24) is 9.97 Å². The number of aromatic amines is 1. The summed E-state index contributed by atoms with van der Waals surface area (Å²) in [6, 6.07) is 11.9. The van der Waals surface area contributed by atoms with Gasteiger partial charge in [0.25, 0.3) is 0 Å². The molecule has 2 aromatic carbocycles. The Morgan fingerprint density at radius 3 is 2.72 bits per heavy atom. The number of carbonyl (C=O) groups excluding carboxylic acids is 1. The van der Waals surface area contributed by atoms with Crippen molar-refractivity contribution in [3.8, 4) is 11.4 Å². The van der Waals surface area contributed by atoms with Crippen LogP contribution in [0.4, 0.5) is 10.1 Å². The molecule has 1 aliphatic rings. The van der Waals surface area contributed by atoms with Gasteiger partial charge < -0.3 is 16.0 Å². The van der Waals surface area contributed by atoms with Gasteiger partial charge in [-0.15, -0.1) is 0 Å². The normalized spacial score (nSPS) is 20.1. The number of halogens is 1. The summed E-state index contributed by atoms with van der Waals surface area (Å²) in [5.74, 6) is 0.393. The fourth-order valence-electron chi connectivity index (χ4n) is 3.33. The largest absolute Gasteiger partial charge is 0.338 e. The Bertz CT molecular complexity index is 919. The van der Waals surface area contributed by atoms with Crippen LogP contribution in [0, 0.1) is 11.7 Å². The van der Waals surface area contributed by atoms with Crippen LogP contribution < -0.4 is 11.1 Å². The predicted molar refractivity (Wildman–Crippen MR) is 95.4 cm³/mol. The molecule has 1 fully saturated rings. The van der Waals surface area contributed by atoms with Gasteiger partial charge in [0.05, 0.1) is 11.0 Å². The number of nitrogens with zero attached hydrogens (tertiary/aromatic N) is 1. The summed E-state index contributed by atoms with van der Waals surface area (Å²) in [5, 5.41) is 2.96. The Labute approximate surface area is 144 Å². The lowest BCUT2D eigenvalue weighted by Crippen LogP contribution is -2.23. The molecule has 1 amide bonds. The molecule has 2 unspecified atom stereocenters. The second-order valence-electron chi connectivity index (χ2n) is 6.58. The third-order valence-corrected chi connectivity index (χ3v) is 4.71. The molecule has 6 heteroatoms. The molecule has 0 spiro atoms. The third-order valence-electron chi connectivity index (χ3n) is 4.71. The summed E-state index contributed by atoms with van der Waals surface area (Å²) >= 11 is 0. The maximum atomic E-state index is 13.1. The molecule has 0 saturated heterocycles. The molecule has 5 nitrogen and oxygen atoms in total. The molecule has 128 valence electrons. The molecule has 1 aliphatic carbocycles. The van der Waals surface area contributed by atoms with E-state index >= 15 is 0 Å². The van der Waals surface area contributed by atoms with Gasteiger partial charge in [-0.05, 0) is 61.7 Å². The molecule has 0 radical (unpaired) electrons. The number of rotatable bonds is 3.